The molecule has 2 rings (SSSR count). The number of hydrogen-bond acceptors (Lipinski definition) is 3. The lowest BCUT2D eigenvalue weighted by Crippen LogP contribution is -2.35. The third-order valence-electron chi connectivity index (χ3n) is 2.65. The molecule has 0 aliphatic rings. The van der Waals surface area contributed by atoms with Gasteiger partial charge in [-0.15, -0.1) is 0 Å². The normalized spacial score (nSPS) is 10.5. The van der Waals surface area contributed by atoms with E-state index in [0.717, 1.165) is 9.04 Å². The van der Waals surface area contributed by atoms with Crippen LogP contribution < -0.4 is 16.0 Å². The van der Waals surface area contributed by atoms with Gasteiger partial charge in [-0.25, -0.2) is 9.36 Å². The number of methoxy groups -OCH3 is 1. The molecule has 0 amide bonds. The van der Waals surface area contributed by atoms with Crippen molar-refractivity contribution in [2.75, 3.05) is 7.11 Å². The third kappa shape index (κ3) is 2.46. The zero-order valence-electron chi connectivity index (χ0n) is 10.2. The van der Waals surface area contributed by atoms with E-state index in [4.69, 9.17) is 16.3 Å². The molecule has 100 valence electrons. The van der Waals surface area contributed by atoms with Crippen molar-refractivity contribution in [1.82, 2.24) is 9.55 Å². The number of H-pyrrole nitrogens is 1. The lowest BCUT2D eigenvalue weighted by Gasteiger charge is -2.11. The summed E-state index contributed by atoms with van der Waals surface area (Å²) in [5.74, 6) is 0.414. The molecule has 1 aromatic carbocycles. The van der Waals surface area contributed by atoms with Crippen molar-refractivity contribution in [1.29, 1.82) is 0 Å². The Balaban J connectivity index is 2.87. The summed E-state index contributed by atoms with van der Waals surface area (Å²) in [5, 5.41) is 0.0419. The van der Waals surface area contributed by atoms with Gasteiger partial charge >= 0.3 is 5.69 Å². The first kappa shape index (κ1) is 13.9. The van der Waals surface area contributed by atoms with E-state index in [1.807, 2.05) is 0 Å². The van der Waals surface area contributed by atoms with Crippen molar-refractivity contribution >= 4 is 27.5 Å². The maximum atomic E-state index is 12.2. The molecule has 1 aromatic heterocycles. The Morgan fingerprint density at radius 2 is 2.05 bits per heavy atom. The van der Waals surface area contributed by atoms with Crippen LogP contribution in [-0.2, 0) is 0 Å². The number of aromatic nitrogens is 2. The molecule has 5 nitrogen and oxygen atoms in total. The zero-order valence-corrected chi connectivity index (χ0v) is 12.5. The van der Waals surface area contributed by atoms with Crippen molar-refractivity contribution in [3.8, 4) is 11.4 Å². The number of ether oxygens (including phenoxy) is 1. The summed E-state index contributed by atoms with van der Waals surface area (Å²) in [6.07, 6.45) is 0. The summed E-state index contributed by atoms with van der Waals surface area (Å²) in [6, 6.07) is 5.04. The largest absolute Gasteiger partial charge is 0.495 e. The summed E-state index contributed by atoms with van der Waals surface area (Å²) >= 11 is 9.07. The molecule has 1 heterocycles. The molecule has 2 aromatic rings. The summed E-state index contributed by atoms with van der Waals surface area (Å²) in [7, 11) is 1.47. The number of benzene rings is 1. The van der Waals surface area contributed by atoms with E-state index in [9.17, 15) is 9.59 Å². The van der Waals surface area contributed by atoms with Gasteiger partial charge in [0.1, 0.15) is 10.9 Å². The van der Waals surface area contributed by atoms with Gasteiger partial charge in [0.25, 0.3) is 5.56 Å². The van der Waals surface area contributed by atoms with Crippen LogP contribution in [0, 0.1) is 6.92 Å². The van der Waals surface area contributed by atoms with Gasteiger partial charge in [0.2, 0.25) is 0 Å². The van der Waals surface area contributed by atoms with E-state index in [2.05, 4.69) is 20.9 Å². The Kier molecular flexibility index (Phi) is 3.82. The minimum atomic E-state index is -0.614. The Bertz CT molecular complexity index is 752. The average Bonchev–Trinajstić information content (AvgIpc) is 2.36. The van der Waals surface area contributed by atoms with Gasteiger partial charge in [-0.3, -0.25) is 9.78 Å². The first-order valence-electron chi connectivity index (χ1n) is 5.31. The number of aromatic amines is 1. The molecule has 0 atom stereocenters. The first-order valence-corrected chi connectivity index (χ1v) is 6.48. The van der Waals surface area contributed by atoms with E-state index < -0.39 is 11.2 Å². The van der Waals surface area contributed by atoms with Crippen LogP contribution in [0.2, 0.25) is 5.15 Å². The molecule has 0 saturated heterocycles. The maximum Gasteiger partial charge on any atom is 0.334 e. The van der Waals surface area contributed by atoms with Gasteiger partial charge in [0.15, 0.2) is 0 Å². The summed E-state index contributed by atoms with van der Waals surface area (Å²) in [5.41, 5.74) is -0.478. The summed E-state index contributed by atoms with van der Waals surface area (Å²) in [4.78, 5) is 26.5. The standard InChI is InChI=1S/C12H10BrClN2O3/c1-6-10(14)15-12(18)16(11(6)17)8-5-7(13)3-4-9(8)19-2/h3-5H,1-2H3,(H,15,18). The molecule has 0 unspecified atom stereocenters. The van der Waals surface area contributed by atoms with Gasteiger partial charge in [-0.2, -0.15) is 0 Å². The molecule has 1 N–H and O–H groups in total. The van der Waals surface area contributed by atoms with Gasteiger partial charge in [0.05, 0.1) is 18.4 Å². The summed E-state index contributed by atoms with van der Waals surface area (Å²) < 4.78 is 6.88. The topological polar surface area (TPSA) is 64.1 Å². The SMILES string of the molecule is COc1ccc(Br)cc1-n1c(=O)[nH]c(Cl)c(C)c1=O. The van der Waals surface area contributed by atoms with E-state index in [-0.39, 0.29) is 10.7 Å². The van der Waals surface area contributed by atoms with E-state index >= 15 is 0 Å². The molecule has 0 fully saturated rings. The van der Waals surface area contributed by atoms with Crippen molar-refractivity contribution in [2.45, 2.75) is 6.92 Å². The number of nitrogens with zero attached hydrogens (tertiary/aromatic N) is 1. The van der Waals surface area contributed by atoms with Crippen LogP contribution in [0.1, 0.15) is 5.56 Å². The molecular formula is C12H10BrClN2O3. The second kappa shape index (κ2) is 5.22. The fraction of sp³-hybridized carbons (Fsp3) is 0.167. The zero-order chi connectivity index (χ0) is 14.2. The number of rotatable bonds is 2. The fourth-order valence-electron chi connectivity index (χ4n) is 1.65. The predicted molar refractivity (Wildman–Crippen MR) is 76.7 cm³/mol. The average molecular weight is 346 g/mol. The second-order valence-corrected chi connectivity index (χ2v) is 5.12. The Hall–Kier alpha value is -1.53. The molecule has 19 heavy (non-hydrogen) atoms. The van der Waals surface area contributed by atoms with Gasteiger partial charge in [-0.1, -0.05) is 27.5 Å². The lowest BCUT2D eigenvalue weighted by molar-refractivity contribution is 0.412. The Labute approximate surface area is 121 Å². The third-order valence-corrected chi connectivity index (χ3v) is 3.53. The second-order valence-electron chi connectivity index (χ2n) is 3.83. The highest BCUT2D eigenvalue weighted by Gasteiger charge is 2.14. The quantitative estimate of drug-likeness (QED) is 0.849. The van der Waals surface area contributed by atoms with Gasteiger partial charge in [0, 0.05) is 4.47 Å². The molecule has 0 aliphatic carbocycles. The highest BCUT2D eigenvalue weighted by molar-refractivity contribution is 9.10. The van der Waals surface area contributed by atoms with Gasteiger partial charge in [-0.05, 0) is 25.1 Å². The highest BCUT2D eigenvalue weighted by atomic mass is 79.9. The molecule has 0 spiro atoms. The molecule has 0 saturated carbocycles. The molecule has 0 radical (unpaired) electrons. The molecular weight excluding hydrogens is 336 g/mol. The number of hydrogen-bond donors (Lipinski definition) is 1. The van der Waals surface area contributed by atoms with E-state index in [1.165, 1.54) is 7.11 Å². The van der Waals surface area contributed by atoms with E-state index in [0.29, 0.717) is 11.4 Å². The minimum Gasteiger partial charge on any atom is -0.495 e. The van der Waals surface area contributed by atoms with E-state index in [1.54, 1.807) is 25.1 Å². The maximum absolute atomic E-state index is 12.2. The molecule has 7 heteroatoms. The smallest absolute Gasteiger partial charge is 0.334 e. The first-order chi connectivity index (χ1) is 8.95. The minimum absolute atomic E-state index is 0.0419. The Morgan fingerprint density at radius 3 is 2.68 bits per heavy atom. The van der Waals surface area contributed by atoms with Crippen LogP contribution in [0.3, 0.4) is 0 Å². The summed E-state index contributed by atoms with van der Waals surface area (Å²) in [6.45, 7) is 1.54. The van der Waals surface area contributed by atoms with Crippen LogP contribution in [0.25, 0.3) is 5.69 Å². The van der Waals surface area contributed by atoms with Crippen LogP contribution in [0.4, 0.5) is 0 Å². The van der Waals surface area contributed by atoms with Crippen molar-refractivity contribution < 1.29 is 4.74 Å². The van der Waals surface area contributed by atoms with Gasteiger partial charge < -0.3 is 4.74 Å². The number of halogens is 2. The van der Waals surface area contributed by atoms with Crippen LogP contribution >= 0.6 is 27.5 Å². The fourth-order valence-corrected chi connectivity index (χ4v) is 2.16. The lowest BCUT2D eigenvalue weighted by atomic mass is 10.2. The highest BCUT2D eigenvalue weighted by Crippen LogP contribution is 2.24. The number of nitrogens with one attached hydrogen (secondary N) is 1. The molecule has 0 aliphatic heterocycles. The van der Waals surface area contributed by atoms with Crippen LogP contribution in [-0.4, -0.2) is 16.7 Å². The van der Waals surface area contributed by atoms with Crippen LogP contribution in [0.15, 0.2) is 32.3 Å². The molecule has 0 bridgehead atoms. The Morgan fingerprint density at radius 1 is 1.37 bits per heavy atom. The van der Waals surface area contributed by atoms with Crippen molar-refractivity contribution in [3.05, 3.63) is 54.2 Å². The monoisotopic (exact) mass is 344 g/mol. The van der Waals surface area contributed by atoms with Crippen LogP contribution in [0.5, 0.6) is 5.75 Å². The predicted octanol–water partition coefficient (Wildman–Crippen LogP) is 2.26. The van der Waals surface area contributed by atoms with Crippen molar-refractivity contribution in [3.63, 3.8) is 0 Å². The van der Waals surface area contributed by atoms with Crippen molar-refractivity contribution in [2.24, 2.45) is 0 Å².